The third-order valence-electron chi connectivity index (χ3n) is 6.29. The molecule has 0 spiro atoms. The summed E-state index contributed by atoms with van der Waals surface area (Å²) in [6.07, 6.45) is 12.0. The molecule has 0 amide bonds. The van der Waals surface area contributed by atoms with E-state index in [-0.39, 0.29) is 13.2 Å². The maximum Gasteiger partial charge on any atom is 0.469 e. The molecule has 190 valence electrons. The molecule has 2 aromatic carbocycles. The van der Waals surface area contributed by atoms with E-state index in [1.54, 1.807) is 0 Å². The largest absolute Gasteiger partial charge is 0.469 e. The predicted octanol–water partition coefficient (Wildman–Crippen LogP) is 5.77. The van der Waals surface area contributed by atoms with Crippen molar-refractivity contribution >= 4 is 7.82 Å². The third kappa shape index (κ3) is 11.3. The highest BCUT2D eigenvalue weighted by Gasteiger charge is 2.28. The van der Waals surface area contributed by atoms with Crippen LogP contribution in [0, 0.1) is 0 Å². The molecule has 6 nitrogen and oxygen atoms in total. The van der Waals surface area contributed by atoms with Crippen molar-refractivity contribution in [3.63, 3.8) is 0 Å². The molecular weight excluding hydrogens is 449 g/mol. The molecule has 5 N–H and O–H groups in total. The summed E-state index contributed by atoms with van der Waals surface area (Å²) >= 11 is 0. The summed E-state index contributed by atoms with van der Waals surface area (Å²) in [6, 6.07) is 17.5. The Morgan fingerprint density at radius 2 is 1.26 bits per heavy atom. The number of phosphoric ester groups is 1. The third-order valence-corrected chi connectivity index (χ3v) is 6.75. The van der Waals surface area contributed by atoms with E-state index in [4.69, 9.17) is 15.5 Å². The first-order chi connectivity index (χ1) is 16.2. The van der Waals surface area contributed by atoms with Crippen LogP contribution in [0.1, 0.15) is 75.8 Å². The Hall–Kier alpha value is -1.53. The molecule has 0 aliphatic carbocycles. The van der Waals surface area contributed by atoms with Gasteiger partial charge in [0.15, 0.2) is 0 Å². The number of hydrogen-bond donors (Lipinski definition) is 4. The number of unbranched alkanes of at least 4 members (excludes halogenated alkanes) is 6. The van der Waals surface area contributed by atoms with Crippen LogP contribution in [0.25, 0.3) is 11.1 Å². The monoisotopic (exact) mass is 491 g/mol. The normalized spacial score (nSPS) is 13.7. The Labute approximate surface area is 204 Å². The van der Waals surface area contributed by atoms with Gasteiger partial charge in [0, 0.05) is 0 Å². The molecule has 1 unspecified atom stereocenters. The summed E-state index contributed by atoms with van der Waals surface area (Å²) in [7, 11) is -4.60. The van der Waals surface area contributed by atoms with E-state index >= 15 is 0 Å². The summed E-state index contributed by atoms with van der Waals surface area (Å²) in [6.45, 7) is 1.49. The average Bonchev–Trinajstić information content (AvgIpc) is 2.83. The van der Waals surface area contributed by atoms with Crippen molar-refractivity contribution < 1.29 is 24.0 Å². The van der Waals surface area contributed by atoms with Gasteiger partial charge in [0.25, 0.3) is 0 Å². The van der Waals surface area contributed by atoms with Crippen LogP contribution in [-0.2, 0) is 21.9 Å². The summed E-state index contributed by atoms with van der Waals surface area (Å²) in [5, 5.41) is 9.48. The van der Waals surface area contributed by atoms with E-state index in [0.29, 0.717) is 6.42 Å². The van der Waals surface area contributed by atoms with Crippen molar-refractivity contribution in [2.45, 2.75) is 83.1 Å². The number of nitrogens with two attached hydrogens (primary N) is 1. The molecule has 0 bridgehead atoms. The lowest BCUT2D eigenvalue weighted by atomic mass is 9.94. The highest BCUT2D eigenvalue weighted by molar-refractivity contribution is 7.46. The Morgan fingerprint density at radius 3 is 1.74 bits per heavy atom. The molecule has 0 saturated heterocycles. The predicted molar refractivity (Wildman–Crippen MR) is 139 cm³/mol. The van der Waals surface area contributed by atoms with Crippen LogP contribution >= 0.6 is 7.82 Å². The number of aliphatic hydroxyl groups excluding tert-OH is 1. The van der Waals surface area contributed by atoms with Crippen LogP contribution in [0.15, 0.2) is 48.5 Å². The number of aryl methyl sites for hydroxylation is 2. The first kappa shape index (κ1) is 28.7. The summed E-state index contributed by atoms with van der Waals surface area (Å²) in [4.78, 5) is 17.7. The van der Waals surface area contributed by atoms with Gasteiger partial charge >= 0.3 is 7.82 Å². The Morgan fingerprint density at radius 1 is 0.794 bits per heavy atom. The topological polar surface area (TPSA) is 113 Å². The van der Waals surface area contributed by atoms with Gasteiger partial charge in [-0.3, -0.25) is 4.52 Å². The van der Waals surface area contributed by atoms with E-state index in [2.05, 4.69) is 60.0 Å². The lowest BCUT2D eigenvalue weighted by Crippen LogP contribution is -2.47. The minimum absolute atomic E-state index is 0.375. The minimum atomic E-state index is -4.60. The maximum atomic E-state index is 10.9. The molecule has 0 aliphatic rings. The minimum Gasteiger partial charge on any atom is -0.394 e. The summed E-state index contributed by atoms with van der Waals surface area (Å²) < 4.78 is 15.4. The van der Waals surface area contributed by atoms with E-state index in [0.717, 1.165) is 25.7 Å². The zero-order valence-corrected chi connectivity index (χ0v) is 21.4. The van der Waals surface area contributed by atoms with E-state index in [9.17, 15) is 9.67 Å². The fourth-order valence-electron chi connectivity index (χ4n) is 4.05. The van der Waals surface area contributed by atoms with Crippen molar-refractivity contribution in [1.82, 2.24) is 0 Å². The smallest absolute Gasteiger partial charge is 0.394 e. The zero-order valence-electron chi connectivity index (χ0n) is 20.5. The number of hydrogen-bond acceptors (Lipinski definition) is 4. The van der Waals surface area contributed by atoms with Gasteiger partial charge in [-0.05, 0) is 54.4 Å². The molecule has 0 aromatic heterocycles. The summed E-state index contributed by atoms with van der Waals surface area (Å²) in [5.41, 5.74) is 9.91. The van der Waals surface area contributed by atoms with Gasteiger partial charge in [0.05, 0.1) is 18.8 Å². The highest BCUT2D eigenvalue weighted by Crippen LogP contribution is 2.37. The molecule has 0 saturated carbocycles. The van der Waals surface area contributed by atoms with Gasteiger partial charge in [-0.2, -0.15) is 0 Å². The molecule has 0 aliphatic heterocycles. The van der Waals surface area contributed by atoms with E-state index in [1.165, 1.54) is 60.8 Å². The first-order valence-electron chi connectivity index (χ1n) is 12.5. The molecule has 0 fully saturated rings. The molecule has 0 heterocycles. The quantitative estimate of drug-likeness (QED) is 0.165. The maximum absolute atomic E-state index is 10.9. The number of phosphoric acid groups is 1. The second kappa shape index (κ2) is 14.8. The first-order valence-corrected chi connectivity index (χ1v) is 14.1. The van der Waals surface area contributed by atoms with Gasteiger partial charge in [0.2, 0.25) is 0 Å². The number of aliphatic hydroxyl groups is 1. The van der Waals surface area contributed by atoms with Crippen LogP contribution in [0.5, 0.6) is 0 Å². The van der Waals surface area contributed by atoms with Crippen molar-refractivity contribution in [3.8, 4) is 11.1 Å². The standard InChI is InChI=1S/C27H42NO5P/c1-2-3-4-5-6-7-10-23-12-16-25(17-13-23)26-18-14-24(15-19-26)11-8-9-20-27(28,21-29)22-33-34(30,31)32/h12-19,29H,2-11,20-22,28H2,1H3,(H2,30,31,32). The summed E-state index contributed by atoms with van der Waals surface area (Å²) in [5.74, 6) is 0. The zero-order chi connectivity index (χ0) is 24.9. The highest BCUT2D eigenvalue weighted by atomic mass is 31.2. The fraction of sp³-hybridized carbons (Fsp3) is 0.556. The fourth-order valence-corrected chi connectivity index (χ4v) is 4.48. The van der Waals surface area contributed by atoms with Crippen molar-refractivity contribution in [2.24, 2.45) is 5.73 Å². The SMILES string of the molecule is CCCCCCCCc1ccc(-c2ccc(CCCCC(N)(CO)COP(=O)(O)O)cc2)cc1. The van der Waals surface area contributed by atoms with Crippen molar-refractivity contribution in [2.75, 3.05) is 13.2 Å². The second-order valence-corrected chi connectivity index (χ2v) is 10.6. The van der Waals surface area contributed by atoms with Gasteiger partial charge in [-0.1, -0.05) is 94.0 Å². The molecule has 2 rings (SSSR count). The molecule has 0 radical (unpaired) electrons. The van der Waals surface area contributed by atoms with Crippen LogP contribution in [0.3, 0.4) is 0 Å². The molecular formula is C27H42NO5P. The average molecular weight is 492 g/mol. The second-order valence-electron chi connectivity index (χ2n) is 9.40. The molecule has 2 aromatic rings. The van der Waals surface area contributed by atoms with Crippen molar-refractivity contribution in [1.29, 1.82) is 0 Å². The Kier molecular flexibility index (Phi) is 12.5. The van der Waals surface area contributed by atoms with Gasteiger partial charge in [-0.25, -0.2) is 4.57 Å². The van der Waals surface area contributed by atoms with E-state index in [1.807, 2.05) is 0 Å². The molecule has 34 heavy (non-hydrogen) atoms. The van der Waals surface area contributed by atoms with Gasteiger partial charge in [0.1, 0.15) is 0 Å². The van der Waals surface area contributed by atoms with Crippen molar-refractivity contribution in [3.05, 3.63) is 59.7 Å². The van der Waals surface area contributed by atoms with Crippen LogP contribution in [-0.4, -0.2) is 33.6 Å². The Bertz CT molecular complexity index is 866. The lowest BCUT2D eigenvalue weighted by Gasteiger charge is -2.27. The molecule has 7 heteroatoms. The number of rotatable bonds is 17. The Balaban J connectivity index is 1.74. The van der Waals surface area contributed by atoms with Crippen LogP contribution < -0.4 is 5.73 Å². The number of benzene rings is 2. The van der Waals surface area contributed by atoms with Crippen LogP contribution in [0.4, 0.5) is 0 Å². The van der Waals surface area contributed by atoms with Gasteiger partial charge < -0.3 is 20.6 Å². The van der Waals surface area contributed by atoms with Crippen LogP contribution in [0.2, 0.25) is 0 Å². The lowest BCUT2D eigenvalue weighted by molar-refractivity contribution is 0.1000. The van der Waals surface area contributed by atoms with E-state index < -0.39 is 13.4 Å². The molecule has 1 atom stereocenters. The van der Waals surface area contributed by atoms with Gasteiger partial charge in [-0.15, -0.1) is 0 Å².